The van der Waals surface area contributed by atoms with Gasteiger partial charge in [-0.25, -0.2) is 9.07 Å². The lowest BCUT2D eigenvalue weighted by Gasteiger charge is -2.49. The Labute approximate surface area is 252 Å². The highest BCUT2D eigenvalue weighted by Gasteiger charge is 2.53. The molecule has 3 saturated heterocycles. The summed E-state index contributed by atoms with van der Waals surface area (Å²) in [4.78, 5) is 17.3. The number of fused-ring (bicyclic) bond motifs is 4. The number of nitrogens with zero attached hydrogens (tertiary/aromatic N) is 10. The summed E-state index contributed by atoms with van der Waals surface area (Å²) < 4.78 is 22.7. The lowest BCUT2D eigenvalue weighted by molar-refractivity contribution is 0.107. The maximum absolute atomic E-state index is 14.5. The Morgan fingerprint density at radius 3 is 2.79 bits per heavy atom. The molecule has 2 N–H and O–H groups in total. The maximum Gasteiger partial charge on any atom is 0.320 e. The predicted octanol–water partition coefficient (Wildman–Crippen LogP) is 2.52. The molecular weight excluding hydrogens is 569 g/mol. The van der Waals surface area contributed by atoms with E-state index in [9.17, 15) is 14.9 Å². The third-order valence-electron chi connectivity index (χ3n) is 10.2. The van der Waals surface area contributed by atoms with Crippen LogP contribution < -0.4 is 20.3 Å². The van der Waals surface area contributed by atoms with Gasteiger partial charge in [0.1, 0.15) is 35.5 Å². The molecule has 3 atom stereocenters. The van der Waals surface area contributed by atoms with E-state index in [-0.39, 0.29) is 23.0 Å². The van der Waals surface area contributed by atoms with Gasteiger partial charge in [-0.1, -0.05) is 5.21 Å². The third-order valence-corrected chi connectivity index (χ3v) is 11.3. The summed E-state index contributed by atoms with van der Waals surface area (Å²) in [5, 5.41) is 29.2. The van der Waals surface area contributed by atoms with Crippen LogP contribution in [0.3, 0.4) is 0 Å². The van der Waals surface area contributed by atoms with Crippen molar-refractivity contribution >= 4 is 28.0 Å². The minimum Gasteiger partial charge on any atom is -0.461 e. The molecule has 222 valence electrons. The van der Waals surface area contributed by atoms with Crippen LogP contribution in [0.4, 0.5) is 21.0 Å². The van der Waals surface area contributed by atoms with Gasteiger partial charge in [-0.3, -0.25) is 4.90 Å². The molecule has 0 radical (unpaired) electrons. The minimum absolute atomic E-state index is 0.00460. The molecule has 1 unspecified atom stereocenters. The fourth-order valence-corrected chi connectivity index (χ4v) is 9.30. The second-order valence-corrected chi connectivity index (χ2v) is 13.9. The molecule has 1 aliphatic carbocycles. The zero-order valence-electron chi connectivity index (χ0n) is 24.0. The van der Waals surface area contributed by atoms with Crippen LogP contribution in [0.1, 0.15) is 59.9 Å². The number of anilines is 3. The van der Waals surface area contributed by atoms with Gasteiger partial charge in [0, 0.05) is 42.4 Å². The Morgan fingerprint density at radius 1 is 1.16 bits per heavy atom. The molecule has 14 heteroatoms. The molecule has 1 spiro atoms. The largest absolute Gasteiger partial charge is 0.461 e. The van der Waals surface area contributed by atoms with E-state index in [1.807, 2.05) is 4.68 Å². The zero-order valence-corrected chi connectivity index (χ0v) is 24.8. The van der Waals surface area contributed by atoms with Crippen LogP contribution in [0.15, 0.2) is 6.20 Å². The Kier molecular flexibility index (Phi) is 5.87. The number of hydrogen-bond donors (Lipinski definition) is 1. The van der Waals surface area contributed by atoms with E-state index in [1.165, 1.54) is 16.2 Å². The van der Waals surface area contributed by atoms with Crippen molar-refractivity contribution in [2.24, 2.45) is 0 Å². The summed E-state index contributed by atoms with van der Waals surface area (Å²) in [6.45, 7) is 6.05. The van der Waals surface area contributed by atoms with Gasteiger partial charge in [-0.05, 0) is 44.7 Å². The molecule has 5 aliphatic rings. The molecule has 3 fully saturated rings. The number of aryl methyl sites for hydroxylation is 1. The van der Waals surface area contributed by atoms with Crippen molar-refractivity contribution in [1.29, 1.82) is 10.5 Å². The summed E-state index contributed by atoms with van der Waals surface area (Å²) in [6, 6.07) is 4.93. The molecule has 4 aliphatic heterocycles. The number of nitrogen functional groups attached to an aromatic ring is 1. The summed E-state index contributed by atoms with van der Waals surface area (Å²) in [7, 11) is 0. The van der Waals surface area contributed by atoms with Crippen molar-refractivity contribution in [3.05, 3.63) is 33.5 Å². The van der Waals surface area contributed by atoms with Crippen LogP contribution in [0.5, 0.6) is 6.01 Å². The zero-order chi connectivity index (χ0) is 29.5. The molecule has 43 heavy (non-hydrogen) atoms. The smallest absolute Gasteiger partial charge is 0.320 e. The number of ether oxygens (including phenoxy) is 1. The quantitative estimate of drug-likeness (QED) is 0.460. The number of alkyl halides is 1. The van der Waals surface area contributed by atoms with Gasteiger partial charge in [0.25, 0.3) is 0 Å². The molecular formula is C29H32FN11OS. The van der Waals surface area contributed by atoms with E-state index in [1.54, 1.807) is 6.20 Å². The number of hydrogen-bond acceptors (Lipinski definition) is 12. The Morgan fingerprint density at radius 2 is 1.98 bits per heavy atom. The van der Waals surface area contributed by atoms with Gasteiger partial charge >= 0.3 is 6.01 Å². The lowest BCUT2D eigenvalue weighted by Crippen LogP contribution is -2.59. The number of rotatable bonds is 5. The van der Waals surface area contributed by atoms with Crippen LogP contribution in [0.25, 0.3) is 0 Å². The number of nitrogens with two attached hydrogens (primary N) is 1. The second-order valence-electron chi connectivity index (χ2n) is 12.8. The highest BCUT2D eigenvalue weighted by molar-refractivity contribution is 7.16. The first-order chi connectivity index (χ1) is 20.8. The molecule has 3 aromatic heterocycles. The third kappa shape index (κ3) is 3.92. The van der Waals surface area contributed by atoms with Crippen molar-refractivity contribution in [3.8, 4) is 18.1 Å². The molecule has 0 saturated carbocycles. The summed E-state index contributed by atoms with van der Waals surface area (Å²) in [5.74, 6) is 1.05. The van der Waals surface area contributed by atoms with E-state index >= 15 is 0 Å². The fraction of sp³-hybridized carbons (Fsp3) is 0.586. The van der Waals surface area contributed by atoms with E-state index < -0.39 is 6.17 Å². The molecule has 3 aromatic rings. The molecule has 0 aromatic carbocycles. The van der Waals surface area contributed by atoms with Crippen molar-refractivity contribution in [2.75, 3.05) is 48.3 Å². The normalized spacial score (nSPS) is 27.0. The van der Waals surface area contributed by atoms with Crippen molar-refractivity contribution in [3.63, 3.8) is 0 Å². The van der Waals surface area contributed by atoms with Crippen molar-refractivity contribution in [2.45, 2.75) is 75.3 Å². The first kappa shape index (κ1) is 26.6. The molecule has 0 bridgehead atoms. The van der Waals surface area contributed by atoms with E-state index in [2.05, 4.69) is 44.1 Å². The first-order valence-corrected chi connectivity index (χ1v) is 15.7. The summed E-state index contributed by atoms with van der Waals surface area (Å²) >= 11 is 1.52. The first-order valence-electron chi connectivity index (χ1n) is 14.9. The monoisotopic (exact) mass is 601 g/mol. The van der Waals surface area contributed by atoms with Crippen LogP contribution in [0, 0.1) is 22.7 Å². The van der Waals surface area contributed by atoms with Gasteiger partial charge in [-0.15, -0.1) is 16.4 Å². The average molecular weight is 602 g/mol. The van der Waals surface area contributed by atoms with Crippen LogP contribution >= 0.6 is 11.3 Å². The number of halogens is 1. The summed E-state index contributed by atoms with van der Waals surface area (Å²) in [6.07, 6.45) is 5.06. The molecule has 8 rings (SSSR count). The molecule has 0 amide bonds. The van der Waals surface area contributed by atoms with Gasteiger partial charge in [0.15, 0.2) is 11.6 Å². The lowest BCUT2D eigenvalue weighted by atomic mass is 9.74. The Balaban J connectivity index is 1.16. The van der Waals surface area contributed by atoms with Gasteiger partial charge < -0.3 is 20.3 Å². The second kappa shape index (κ2) is 9.49. The average Bonchev–Trinajstić information content (AvgIpc) is 3.77. The van der Waals surface area contributed by atoms with E-state index in [0.29, 0.717) is 73.5 Å². The number of thiophene rings is 1. The summed E-state index contributed by atoms with van der Waals surface area (Å²) in [5.41, 5.74) is 8.67. The van der Waals surface area contributed by atoms with Crippen LogP contribution in [-0.4, -0.2) is 80.4 Å². The topological polar surface area (TPSA) is 149 Å². The molecule has 7 heterocycles. The number of nitriles is 2. The van der Waals surface area contributed by atoms with Gasteiger partial charge in [0.2, 0.25) is 0 Å². The standard InChI is InChI=1S/C29H32FN11OS/c1-17-11-41-19(10-34-37-41)13-40(17)26-21(9-32)25(35-27(36-26)42-16-29-4-2-6-39(29)12-18(30)7-29)38-14-28(15-38)5-3-22-23(28)20(8-31)24(33)43-22/h10,17-18H,2-7,11-16,33H2,1H3/t17?,18-,29+/m1/s1. The Bertz CT molecular complexity index is 1700. The minimum atomic E-state index is -0.859. The molecule has 12 nitrogen and oxygen atoms in total. The fourth-order valence-electron chi connectivity index (χ4n) is 8.16. The number of aromatic nitrogens is 5. The highest BCUT2D eigenvalue weighted by Crippen LogP contribution is 2.53. The SMILES string of the molecule is CC1Cn2nncc2CN1c1nc(OC[C@@]23CCCN2C[C@H](F)C3)nc(N2CC3(CCc4sc(N)c(C#N)c43)C2)c1C#N. The maximum atomic E-state index is 14.5. The van der Waals surface area contributed by atoms with Crippen molar-refractivity contribution in [1.82, 2.24) is 29.9 Å². The van der Waals surface area contributed by atoms with E-state index in [4.69, 9.17) is 20.4 Å². The van der Waals surface area contributed by atoms with E-state index in [0.717, 1.165) is 43.5 Å². The van der Waals surface area contributed by atoms with Crippen LogP contribution in [0.2, 0.25) is 0 Å². The Hall–Kier alpha value is -4.01. The van der Waals surface area contributed by atoms with Gasteiger partial charge in [-0.2, -0.15) is 20.5 Å². The van der Waals surface area contributed by atoms with Crippen LogP contribution in [-0.2, 0) is 24.9 Å². The van der Waals surface area contributed by atoms with Gasteiger partial charge in [0.05, 0.1) is 36.1 Å². The predicted molar refractivity (Wildman–Crippen MR) is 157 cm³/mol. The van der Waals surface area contributed by atoms with Crippen molar-refractivity contribution < 1.29 is 9.13 Å². The highest BCUT2D eigenvalue weighted by atomic mass is 32.1.